The number of nitro benzene ring substituents is 1. The number of nitro groups is 1. The van der Waals surface area contributed by atoms with Crippen LogP contribution in [0.5, 0.6) is 0 Å². The fourth-order valence-corrected chi connectivity index (χ4v) is 2.94. The summed E-state index contributed by atoms with van der Waals surface area (Å²) < 4.78 is 5.31. The number of piperazine rings is 1. The predicted octanol–water partition coefficient (Wildman–Crippen LogP) is -1.60. The van der Waals surface area contributed by atoms with Crippen molar-refractivity contribution in [1.29, 1.82) is 0 Å². The van der Waals surface area contributed by atoms with E-state index in [1.807, 2.05) is 18.2 Å². The van der Waals surface area contributed by atoms with E-state index >= 15 is 0 Å². The molecule has 0 saturated carbocycles. The third-order valence-corrected chi connectivity index (χ3v) is 4.34. The van der Waals surface area contributed by atoms with Crippen LogP contribution in [0.3, 0.4) is 0 Å². The molecule has 1 fully saturated rings. The first kappa shape index (κ1) is 18.5. The van der Waals surface area contributed by atoms with E-state index in [0.717, 1.165) is 39.3 Å². The van der Waals surface area contributed by atoms with Crippen LogP contribution in [0.15, 0.2) is 30.3 Å². The van der Waals surface area contributed by atoms with Gasteiger partial charge < -0.3 is 19.6 Å². The summed E-state index contributed by atoms with van der Waals surface area (Å²) in [5.74, 6) is 0. The Morgan fingerprint density at radius 2 is 1.88 bits per heavy atom. The molecule has 0 amide bonds. The lowest BCUT2D eigenvalue weighted by Gasteiger charge is -2.29. The largest absolute Gasteiger partial charge is 0.394 e. The molecule has 1 saturated heterocycles. The van der Waals surface area contributed by atoms with Gasteiger partial charge in [0.05, 0.1) is 36.9 Å². The molecule has 0 radical (unpaired) electrons. The first-order valence-corrected chi connectivity index (χ1v) is 8.46. The maximum atomic E-state index is 11.0. The lowest BCUT2D eigenvalue weighted by molar-refractivity contribution is -1.01. The second kappa shape index (κ2) is 10.1. The number of aliphatic hydroxyl groups is 1. The van der Waals surface area contributed by atoms with Crippen LogP contribution in [0.4, 0.5) is 5.69 Å². The van der Waals surface area contributed by atoms with Gasteiger partial charge in [0.25, 0.3) is 5.69 Å². The van der Waals surface area contributed by atoms with Gasteiger partial charge in [-0.25, -0.2) is 0 Å². The molecule has 1 aromatic carbocycles. The fraction of sp³-hybridized carbons (Fsp3) is 0.529. The highest BCUT2D eigenvalue weighted by Crippen LogP contribution is 2.18. The Bertz CT molecular complexity index is 542. The number of nitrogens with zero attached hydrogens (tertiary/aromatic N) is 1. The van der Waals surface area contributed by atoms with Crippen molar-refractivity contribution in [2.45, 2.75) is 0 Å². The Kier molecular flexibility index (Phi) is 7.84. The van der Waals surface area contributed by atoms with Crippen molar-refractivity contribution >= 4 is 11.8 Å². The third-order valence-electron chi connectivity index (χ3n) is 4.34. The molecule has 3 N–H and O–H groups in total. The Morgan fingerprint density at radius 3 is 2.58 bits per heavy atom. The van der Waals surface area contributed by atoms with Crippen molar-refractivity contribution in [1.82, 2.24) is 0 Å². The molecule has 0 atom stereocenters. The van der Waals surface area contributed by atoms with Gasteiger partial charge in [-0.1, -0.05) is 12.1 Å². The topological polar surface area (TPSA) is 81.5 Å². The zero-order chi connectivity index (χ0) is 17.2. The van der Waals surface area contributed by atoms with Gasteiger partial charge in [0.1, 0.15) is 32.7 Å². The summed E-state index contributed by atoms with van der Waals surface area (Å²) in [5, 5.41) is 19.7. The van der Waals surface area contributed by atoms with Crippen molar-refractivity contribution in [3.05, 3.63) is 46.0 Å². The van der Waals surface area contributed by atoms with E-state index in [1.165, 1.54) is 11.0 Å². The SMILES string of the molecule is O=[N+]([O-])c1ccccc1/C=C/C[NH+]1CC[NH+](CCOCCO)CC1. The summed E-state index contributed by atoms with van der Waals surface area (Å²) in [7, 11) is 0. The van der Waals surface area contributed by atoms with Gasteiger partial charge in [-0.2, -0.15) is 0 Å². The number of rotatable bonds is 9. The van der Waals surface area contributed by atoms with E-state index in [1.54, 1.807) is 17.0 Å². The van der Waals surface area contributed by atoms with Gasteiger partial charge in [-0.3, -0.25) is 10.1 Å². The number of nitrogens with one attached hydrogen (secondary N) is 2. The molecule has 2 rings (SSSR count). The van der Waals surface area contributed by atoms with E-state index in [2.05, 4.69) is 0 Å². The molecule has 0 aliphatic carbocycles. The van der Waals surface area contributed by atoms with Crippen molar-refractivity contribution in [3.8, 4) is 0 Å². The number of hydrogen-bond donors (Lipinski definition) is 3. The molecule has 1 aliphatic heterocycles. The molecule has 1 aliphatic rings. The zero-order valence-corrected chi connectivity index (χ0v) is 13.9. The normalized spacial score (nSPS) is 21.2. The van der Waals surface area contributed by atoms with Gasteiger partial charge >= 0.3 is 0 Å². The zero-order valence-electron chi connectivity index (χ0n) is 13.9. The average molecular weight is 337 g/mol. The molecular formula is C17H27N3O4+2. The quantitative estimate of drug-likeness (QED) is 0.288. The van der Waals surface area contributed by atoms with Crippen LogP contribution < -0.4 is 9.80 Å². The molecule has 1 aromatic rings. The molecular weight excluding hydrogens is 310 g/mol. The Balaban J connectivity index is 1.72. The maximum Gasteiger partial charge on any atom is 0.276 e. The first-order chi connectivity index (χ1) is 11.7. The average Bonchev–Trinajstić information content (AvgIpc) is 2.60. The smallest absolute Gasteiger partial charge is 0.276 e. The molecule has 24 heavy (non-hydrogen) atoms. The van der Waals surface area contributed by atoms with Crippen LogP contribution >= 0.6 is 0 Å². The number of ether oxygens (including phenoxy) is 1. The summed E-state index contributed by atoms with van der Waals surface area (Å²) in [6, 6.07) is 6.82. The van der Waals surface area contributed by atoms with Gasteiger partial charge in [0.2, 0.25) is 0 Å². The highest BCUT2D eigenvalue weighted by atomic mass is 16.6. The Morgan fingerprint density at radius 1 is 1.17 bits per heavy atom. The van der Waals surface area contributed by atoms with Gasteiger partial charge in [-0.15, -0.1) is 0 Å². The summed E-state index contributed by atoms with van der Waals surface area (Å²) in [6.45, 7) is 7.48. The monoisotopic (exact) mass is 337 g/mol. The van der Waals surface area contributed by atoms with Crippen LogP contribution in [0.1, 0.15) is 5.56 Å². The number of hydrogen-bond acceptors (Lipinski definition) is 4. The summed E-state index contributed by atoms with van der Waals surface area (Å²) in [6.07, 6.45) is 3.89. The van der Waals surface area contributed by atoms with E-state index in [-0.39, 0.29) is 17.2 Å². The standard InChI is InChI=1S/C17H25N3O4/c21-13-15-24-14-12-19-10-8-18(9-11-19)7-3-5-16-4-1-2-6-17(16)20(22)23/h1-6,21H,7-15H2/p+2/b5-3+. The minimum absolute atomic E-state index is 0.0825. The number of para-hydroxylation sites is 1. The third kappa shape index (κ3) is 6.01. The molecule has 7 heteroatoms. The maximum absolute atomic E-state index is 11.0. The lowest BCUT2D eigenvalue weighted by atomic mass is 10.1. The summed E-state index contributed by atoms with van der Waals surface area (Å²) >= 11 is 0. The van der Waals surface area contributed by atoms with Gasteiger partial charge in [-0.05, 0) is 18.2 Å². The molecule has 1 heterocycles. The summed E-state index contributed by atoms with van der Waals surface area (Å²) in [4.78, 5) is 13.7. The first-order valence-electron chi connectivity index (χ1n) is 8.46. The minimum Gasteiger partial charge on any atom is -0.394 e. The van der Waals surface area contributed by atoms with E-state index in [9.17, 15) is 10.1 Å². The van der Waals surface area contributed by atoms with Crippen LogP contribution in [0.2, 0.25) is 0 Å². The van der Waals surface area contributed by atoms with Crippen LogP contribution in [0.25, 0.3) is 6.08 Å². The minimum atomic E-state index is -0.340. The molecule has 0 aromatic heterocycles. The van der Waals surface area contributed by atoms with Gasteiger partial charge in [0, 0.05) is 6.07 Å². The fourth-order valence-electron chi connectivity index (χ4n) is 2.94. The predicted molar refractivity (Wildman–Crippen MR) is 91.2 cm³/mol. The number of quaternary nitrogens is 2. The number of benzene rings is 1. The highest BCUT2D eigenvalue weighted by Gasteiger charge is 2.21. The highest BCUT2D eigenvalue weighted by molar-refractivity contribution is 5.60. The molecule has 0 unspecified atom stereocenters. The molecule has 0 spiro atoms. The van der Waals surface area contributed by atoms with E-state index < -0.39 is 0 Å². The molecule has 0 bridgehead atoms. The van der Waals surface area contributed by atoms with Crippen molar-refractivity contribution in [2.75, 3.05) is 59.1 Å². The Labute approximate surface area is 142 Å². The molecule has 7 nitrogen and oxygen atoms in total. The Hall–Kier alpha value is -1.80. The van der Waals surface area contributed by atoms with Crippen LogP contribution in [0, 0.1) is 10.1 Å². The second-order valence-electron chi connectivity index (χ2n) is 6.01. The van der Waals surface area contributed by atoms with Crippen molar-refractivity contribution in [2.24, 2.45) is 0 Å². The summed E-state index contributed by atoms with van der Waals surface area (Å²) in [5.41, 5.74) is 0.813. The van der Waals surface area contributed by atoms with Crippen LogP contribution in [-0.2, 0) is 4.74 Å². The number of aliphatic hydroxyl groups excluding tert-OH is 1. The van der Waals surface area contributed by atoms with Crippen molar-refractivity contribution < 1.29 is 24.6 Å². The van der Waals surface area contributed by atoms with Crippen LogP contribution in [-0.4, -0.2) is 69.1 Å². The lowest BCUT2D eigenvalue weighted by Crippen LogP contribution is -3.28. The molecule has 132 valence electrons. The van der Waals surface area contributed by atoms with E-state index in [4.69, 9.17) is 9.84 Å². The second-order valence-corrected chi connectivity index (χ2v) is 6.01. The van der Waals surface area contributed by atoms with Gasteiger partial charge in [0.15, 0.2) is 0 Å². The van der Waals surface area contributed by atoms with Crippen molar-refractivity contribution in [3.63, 3.8) is 0 Å². The van der Waals surface area contributed by atoms with E-state index in [0.29, 0.717) is 18.8 Å².